The number of piperidine rings is 2. The van der Waals surface area contributed by atoms with E-state index in [4.69, 9.17) is 5.73 Å². The van der Waals surface area contributed by atoms with E-state index in [0.29, 0.717) is 17.9 Å². The van der Waals surface area contributed by atoms with Crippen molar-refractivity contribution >= 4 is 11.6 Å². The van der Waals surface area contributed by atoms with E-state index in [1.165, 1.54) is 6.33 Å². The summed E-state index contributed by atoms with van der Waals surface area (Å²) in [5.74, 6) is 0.808. The van der Waals surface area contributed by atoms with Gasteiger partial charge in [-0.2, -0.15) is 5.26 Å². The van der Waals surface area contributed by atoms with E-state index in [9.17, 15) is 10.4 Å². The first-order chi connectivity index (χ1) is 10.6. The number of aliphatic hydroxyl groups excluding tert-OH is 1. The standard InChI is InChI=1S/C15H22N6O/c1-20-6-3-12(22)15(8-20)4-2-5-21(9-15)14-11(7-16)13(17)18-10-19-14/h10,12,22H,2-6,8-9H2,1H3,(H2,17,18,19)/t12-,15-/m0/s1. The van der Waals surface area contributed by atoms with Gasteiger partial charge in [-0.05, 0) is 26.3 Å². The summed E-state index contributed by atoms with van der Waals surface area (Å²) in [5, 5.41) is 19.9. The number of nitrogen functional groups attached to an aromatic ring is 1. The van der Waals surface area contributed by atoms with Gasteiger partial charge in [0.2, 0.25) is 0 Å². The molecule has 3 N–H and O–H groups in total. The van der Waals surface area contributed by atoms with Crippen molar-refractivity contribution in [2.75, 3.05) is 43.9 Å². The molecule has 0 unspecified atom stereocenters. The van der Waals surface area contributed by atoms with E-state index in [1.807, 2.05) is 0 Å². The highest BCUT2D eigenvalue weighted by Gasteiger charge is 2.45. The van der Waals surface area contributed by atoms with Gasteiger partial charge in [0, 0.05) is 31.6 Å². The van der Waals surface area contributed by atoms with Crippen LogP contribution in [-0.2, 0) is 0 Å². The number of aliphatic hydroxyl groups is 1. The predicted octanol–water partition coefficient (Wildman–Crippen LogP) is 0.213. The van der Waals surface area contributed by atoms with Gasteiger partial charge in [-0.1, -0.05) is 0 Å². The highest BCUT2D eigenvalue weighted by atomic mass is 16.3. The Hall–Kier alpha value is -1.91. The van der Waals surface area contributed by atoms with Gasteiger partial charge in [-0.15, -0.1) is 0 Å². The fourth-order valence-electron chi connectivity index (χ4n) is 3.85. The van der Waals surface area contributed by atoms with Crippen LogP contribution in [0.4, 0.5) is 11.6 Å². The van der Waals surface area contributed by atoms with Gasteiger partial charge in [0.05, 0.1) is 6.10 Å². The van der Waals surface area contributed by atoms with Crippen molar-refractivity contribution in [2.24, 2.45) is 5.41 Å². The molecule has 2 aliphatic heterocycles. The van der Waals surface area contributed by atoms with Gasteiger partial charge in [0.15, 0.2) is 5.82 Å². The molecule has 1 spiro atoms. The molecule has 7 nitrogen and oxygen atoms in total. The van der Waals surface area contributed by atoms with E-state index in [2.05, 4.69) is 32.9 Å². The highest BCUT2D eigenvalue weighted by molar-refractivity contribution is 5.63. The van der Waals surface area contributed by atoms with Gasteiger partial charge in [-0.25, -0.2) is 9.97 Å². The van der Waals surface area contributed by atoms with Gasteiger partial charge in [0.1, 0.15) is 23.8 Å². The number of nitrogens with two attached hydrogens (primary N) is 1. The molecule has 0 aliphatic carbocycles. The van der Waals surface area contributed by atoms with Crippen molar-refractivity contribution in [3.63, 3.8) is 0 Å². The van der Waals surface area contributed by atoms with Gasteiger partial charge in [-0.3, -0.25) is 0 Å². The fraction of sp³-hybridized carbons (Fsp3) is 0.667. The Bertz CT molecular complexity index is 600. The van der Waals surface area contributed by atoms with Crippen LogP contribution < -0.4 is 10.6 Å². The molecule has 1 aromatic heterocycles. The third-order valence-electron chi connectivity index (χ3n) is 4.95. The van der Waals surface area contributed by atoms with Crippen LogP contribution in [0.3, 0.4) is 0 Å². The summed E-state index contributed by atoms with van der Waals surface area (Å²) in [6.07, 6.45) is 3.85. The summed E-state index contributed by atoms with van der Waals surface area (Å²) in [5.41, 5.74) is 5.98. The van der Waals surface area contributed by atoms with Gasteiger partial charge in [0.25, 0.3) is 0 Å². The minimum atomic E-state index is -0.309. The quantitative estimate of drug-likeness (QED) is 0.764. The first-order valence-electron chi connectivity index (χ1n) is 7.68. The van der Waals surface area contributed by atoms with Crippen molar-refractivity contribution in [3.8, 4) is 6.07 Å². The molecule has 3 rings (SSSR count). The predicted molar refractivity (Wildman–Crippen MR) is 83.2 cm³/mol. The van der Waals surface area contributed by atoms with E-state index in [0.717, 1.165) is 38.9 Å². The lowest BCUT2D eigenvalue weighted by molar-refractivity contribution is -0.0466. The van der Waals surface area contributed by atoms with Crippen LogP contribution in [0.2, 0.25) is 0 Å². The maximum Gasteiger partial charge on any atom is 0.152 e. The largest absolute Gasteiger partial charge is 0.392 e. The molecule has 0 aromatic carbocycles. The molecule has 2 atom stereocenters. The second-order valence-electron chi connectivity index (χ2n) is 6.50. The first kappa shape index (κ1) is 15.0. The number of anilines is 2. The summed E-state index contributed by atoms with van der Waals surface area (Å²) < 4.78 is 0. The van der Waals surface area contributed by atoms with Gasteiger partial charge < -0.3 is 20.6 Å². The molecule has 7 heteroatoms. The minimum absolute atomic E-state index is 0.155. The van der Waals surface area contributed by atoms with Crippen LogP contribution in [-0.4, -0.2) is 59.3 Å². The van der Waals surface area contributed by atoms with Crippen LogP contribution >= 0.6 is 0 Å². The van der Waals surface area contributed by atoms with Crippen LogP contribution in [0.15, 0.2) is 6.33 Å². The number of nitrogens with zero attached hydrogens (tertiary/aromatic N) is 5. The summed E-state index contributed by atoms with van der Waals surface area (Å²) in [7, 11) is 2.09. The molecule has 118 valence electrons. The Morgan fingerprint density at radius 1 is 1.41 bits per heavy atom. The number of likely N-dealkylation sites (tertiary alicyclic amines) is 1. The van der Waals surface area contributed by atoms with Crippen LogP contribution in [0.25, 0.3) is 0 Å². The molecular formula is C15H22N6O. The third kappa shape index (κ3) is 2.49. The lowest BCUT2D eigenvalue weighted by atomic mass is 9.71. The molecule has 0 bridgehead atoms. The molecule has 1 aromatic rings. The van der Waals surface area contributed by atoms with E-state index in [1.54, 1.807) is 0 Å². The zero-order valence-corrected chi connectivity index (χ0v) is 12.9. The lowest BCUT2D eigenvalue weighted by Crippen LogP contribution is -2.58. The summed E-state index contributed by atoms with van der Waals surface area (Å²) >= 11 is 0. The molecule has 2 fully saturated rings. The molecule has 2 saturated heterocycles. The van der Waals surface area contributed by atoms with Crippen molar-refractivity contribution in [1.82, 2.24) is 14.9 Å². The summed E-state index contributed by atoms with van der Waals surface area (Å²) in [6.45, 7) is 3.31. The maximum absolute atomic E-state index is 10.6. The minimum Gasteiger partial charge on any atom is -0.392 e. The van der Waals surface area contributed by atoms with Crippen molar-refractivity contribution in [1.29, 1.82) is 5.26 Å². The highest BCUT2D eigenvalue weighted by Crippen LogP contribution is 2.40. The molecule has 0 radical (unpaired) electrons. The Kier molecular flexibility index (Phi) is 3.89. The molecule has 0 amide bonds. The molecule has 0 saturated carbocycles. The second kappa shape index (κ2) is 5.71. The first-order valence-corrected chi connectivity index (χ1v) is 7.68. The molecule has 3 heterocycles. The van der Waals surface area contributed by atoms with Crippen LogP contribution in [0.5, 0.6) is 0 Å². The van der Waals surface area contributed by atoms with Crippen molar-refractivity contribution < 1.29 is 5.11 Å². The third-order valence-corrected chi connectivity index (χ3v) is 4.95. The van der Waals surface area contributed by atoms with Crippen LogP contribution in [0, 0.1) is 16.7 Å². The summed E-state index contributed by atoms with van der Waals surface area (Å²) in [4.78, 5) is 12.5. The zero-order valence-electron chi connectivity index (χ0n) is 12.9. The number of hydrogen-bond acceptors (Lipinski definition) is 7. The lowest BCUT2D eigenvalue weighted by Gasteiger charge is -2.50. The topological polar surface area (TPSA) is 102 Å². The summed E-state index contributed by atoms with van der Waals surface area (Å²) in [6, 6.07) is 2.11. The zero-order chi connectivity index (χ0) is 15.7. The van der Waals surface area contributed by atoms with Gasteiger partial charge >= 0.3 is 0 Å². The number of aromatic nitrogens is 2. The Labute approximate surface area is 130 Å². The van der Waals surface area contributed by atoms with E-state index in [-0.39, 0.29) is 17.3 Å². The van der Waals surface area contributed by atoms with E-state index < -0.39 is 0 Å². The molecule has 22 heavy (non-hydrogen) atoms. The molecular weight excluding hydrogens is 280 g/mol. The Morgan fingerprint density at radius 2 is 2.23 bits per heavy atom. The van der Waals surface area contributed by atoms with Crippen LogP contribution in [0.1, 0.15) is 24.8 Å². The average Bonchev–Trinajstić information content (AvgIpc) is 2.51. The molecule has 2 aliphatic rings. The SMILES string of the molecule is CN1CC[C@H](O)[C@@]2(CCCN(c3ncnc(N)c3C#N)C2)C1. The van der Waals surface area contributed by atoms with Crippen molar-refractivity contribution in [2.45, 2.75) is 25.4 Å². The average molecular weight is 302 g/mol. The monoisotopic (exact) mass is 302 g/mol. The normalized spacial score (nSPS) is 29.5. The Morgan fingerprint density at radius 3 is 3.00 bits per heavy atom. The maximum atomic E-state index is 10.6. The number of hydrogen-bond donors (Lipinski definition) is 2. The number of rotatable bonds is 1. The number of nitriles is 1. The smallest absolute Gasteiger partial charge is 0.152 e. The van der Waals surface area contributed by atoms with E-state index >= 15 is 0 Å². The van der Waals surface area contributed by atoms with Crippen molar-refractivity contribution in [3.05, 3.63) is 11.9 Å². The second-order valence-corrected chi connectivity index (χ2v) is 6.50. The fourth-order valence-corrected chi connectivity index (χ4v) is 3.85. The Balaban J connectivity index is 1.91.